The molecule has 1 saturated carbocycles. The summed E-state index contributed by atoms with van der Waals surface area (Å²) in [6, 6.07) is 4.01. The van der Waals surface area contributed by atoms with Crippen molar-refractivity contribution in [2.75, 3.05) is 36.4 Å². The van der Waals surface area contributed by atoms with E-state index in [2.05, 4.69) is 49.4 Å². The van der Waals surface area contributed by atoms with Crippen molar-refractivity contribution in [3.63, 3.8) is 0 Å². The highest BCUT2D eigenvalue weighted by Crippen LogP contribution is 2.33. The summed E-state index contributed by atoms with van der Waals surface area (Å²) in [5, 5.41) is 4.07. The van der Waals surface area contributed by atoms with Gasteiger partial charge in [-0.05, 0) is 80.8 Å². The minimum Gasteiger partial charge on any atom is -0.444 e. The fraction of sp³-hybridized carbons (Fsp3) is 0.483. The van der Waals surface area contributed by atoms with Crippen LogP contribution in [-0.4, -0.2) is 62.3 Å². The molecule has 0 bridgehead atoms. The minimum atomic E-state index is -0.504. The van der Waals surface area contributed by atoms with Crippen LogP contribution >= 0.6 is 22.6 Å². The monoisotopic (exact) mass is 657 g/mol. The highest BCUT2D eigenvalue weighted by atomic mass is 127. The third-order valence-corrected chi connectivity index (χ3v) is 7.99. The molecule has 0 radical (unpaired) electrons. The number of carbonyl (C=O) groups is 1. The maximum Gasteiger partial charge on any atom is 0.410 e. The molecule has 2 fully saturated rings. The lowest BCUT2D eigenvalue weighted by Crippen LogP contribution is -2.50. The van der Waals surface area contributed by atoms with E-state index in [1.165, 1.54) is 0 Å². The molecule has 1 aliphatic heterocycles. The number of aryl methyl sites for hydroxylation is 1. The van der Waals surface area contributed by atoms with Crippen LogP contribution in [0.3, 0.4) is 0 Å². The Labute approximate surface area is 248 Å². The number of halogens is 1. The van der Waals surface area contributed by atoms with Crippen LogP contribution in [0, 0.1) is 6.92 Å². The van der Waals surface area contributed by atoms with Gasteiger partial charge in [0.1, 0.15) is 17.1 Å². The molecule has 40 heavy (non-hydrogen) atoms. The number of hydrogen-bond donors (Lipinski definition) is 1. The number of ether oxygens (including phenoxy) is 1. The molecule has 212 valence electrons. The first-order chi connectivity index (χ1) is 19.0. The van der Waals surface area contributed by atoms with E-state index in [0.29, 0.717) is 49.2 Å². The van der Waals surface area contributed by atoms with Crippen molar-refractivity contribution in [1.82, 2.24) is 24.4 Å². The SMILES string of the molecule is C=C(I)c1c(C)c2cnc(Nc3ccc(N4CCN(C(=O)OC(C)(C)C)CC4)cn3)nc2n(C2CCCC2)c1=O. The molecule has 1 amide bonds. The molecule has 0 unspecified atom stereocenters. The summed E-state index contributed by atoms with van der Waals surface area (Å²) in [7, 11) is 0. The average molecular weight is 658 g/mol. The van der Waals surface area contributed by atoms with Gasteiger partial charge in [0.15, 0.2) is 0 Å². The molecular formula is C29H36IN7O3. The maximum atomic E-state index is 13.6. The minimum absolute atomic E-state index is 0.0322. The van der Waals surface area contributed by atoms with E-state index in [4.69, 9.17) is 9.72 Å². The molecule has 2 aliphatic rings. The van der Waals surface area contributed by atoms with E-state index < -0.39 is 5.60 Å². The first-order valence-electron chi connectivity index (χ1n) is 13.7. The maximum absolute atomic E-state index is 13.6. The van der Waals surface area contributed by atoms with E-state index in [1.54, 1.807) is 11.1 Å². The van der Waals surface area contributed by atoms with Crippen LogP contribution in [-0.2, 0) is 4.74 Å². The number of piperazine rings is 1. The van der Waals surface area contributed by atoms with Crippen molar-refractivity contribution in [3.8, 4) is 0 Å². The standard InChI is InChI=1S/C29H36IN7O3/c1-18-22-17-32-27(34-25(22)37(20-8-6-7-9-20)26(38)24(18)19(2)30)33-23-11-10-21(16-31-23)35-12-14-36(15-13-35)28(39)40-29(3,4)5/h10-11,16-17,20H,2,6-9,12-15H2,1,3-5H3,(H,31,32,33,34). The largest absolute Gasteiger partial charge is 0.444 e. The molecule has 3 aromatic heterocycles. The zero-order chi connectivity index (χ0) is 28.6. The molecule has 11 heteroatoms. The van der Waals surface area contributed by atoms with E-state index >= 15 is 0 Å². The first kappa shape index (κ1) is 28.3. The molecule has 5 rings (SSSR count). The Kier molecular flexibility index (Phi) is 8.03. The lowest BCUT2D eigenvalue weighted by molar-refractivity contribution is 0.0240. The molecule has 1 aliphatic carbocycles. The molecule has 10 nitrogen and oxygen atoms in total. The Hall–Kier alpha value is -3.22. The number of carbonyl (C=O) groups excluding carboxylic acids is 1. The van der Waals surface area contributed by atoms with Gasteiger partial charge >= 0.3 is 6.09 Å². The van der Waals surface area contributed by atoms with E-state index in [-0.39, 0.29) is 17.7 Å². The highest BCUT2D eigenvalue weighted by Gasteiger charge is 2.27. The summed E-state index contributed by atoms with van der Waals surface area (Å²) in [5.41, 5.74) is 2.59. The summed E-state index contributed by atoms with van der Waals surface area (Å²) >= 11 is 2.13. The lowest BCUT2D eigenvalue weighted by atomic mass is 10.1. The molecule has 0 atom stereocenters. The smallest absolute Gasteiger partial charge is 0.410 e. The number of nitrogens with zero attached hydrogens (tertiary/aromatic N) is 6. The van der Waals surface area contributed by atoms with Crippen LogP contribution in [0.1, 0.15) is 63.6 Å². The molecule has 1 N–H and O–H groups in total. The molecular weight excluding hydrogens is 621 g/mol. The molecule has 4 heterocycles. The first-order valence-corrected chi connectivity index (χ1v) is 14.8. The molecule has 0 spiro atoms. The van der Waals surface area contributed by atoms with Gasteiger partial charge in [-0.2, -0.15) is 4.98 Å². The van der Waals surface area contributed by atoms with Crippen molar-refractivity contribution in [3.05, 3.63) is 52.6 Å². The van der Waals surface area contributed by atoms with Crippen LogP contribution in [0.25, 0.3) is 14.6 Å². The van der Waals surface area contributed by atoms with Crippen molar-refractivity contribution in [2.24, 2.45) is 0 Å². The Morgan fingerprint density at radius 1 is 1.10 bits per heavy atom. The zero-order valence-electron chi connectivity index (χ0n) is 23.5. The van der Waals surface area contributed by atoms with E-state index in [1.807, 2.05) is 50.6 Å². The Morgan fingerprint density at radius 3 is 2.40 bits per heavy atom. The number of aromatic nitrogens is 4. The van der Waals surface area contributed by atoms with Gasteiger partial charge in [-0.15, -0.1) is 0 Å². The van der Waals surface area contributed by atoms with Crippen molar-refractivity contribution < 1.29 is 9.53 Å². The van der Waals surface area contributed by atoms with Crippen LogP contribution in [0.15, 0.2) is 35.9 Å². The summed E-state index contributed by atoms with van der Waals surface area (Å²) in [5.74, 6) is 1.00. The van der Waals surface area contributed by atoms with Gasteiger partial charge in [0.2, 0.25) is 5.95 Å². The Bertz CT molecular complexity index is 1480. The number of amides is 1. The van der Waals surface area contributed by atoms with Crippen molar-refractivity contribution in [2.45, 2.75) is 65.0 Å². The fourth-order valence-electron chi connectivity index (χ4n) is 5.45. The topological polar surface area (TPSA) is 105 Å². The number of pyridine rings is 2. The van der Waals surface area contributed by atoms with Gasteiger partial charge in [0.05, 0.1) is 17.4 Å². The van der Waals surface area contributed by atoms with Crippen molar-refractivity contribution in [1.29, 1.82) is 0 Å². The summed E-state index contributed by atoms with van der Waals surface area (Å²) < 4.78 is 8.08. The quantitative estimate of drug-likeness (QED) is 0.343. The van der Waals surface area contributed by atoms with Gasteiger partial charge in [-0.1, -0.05) is 19.4 Å². The van der Waals surface area contributed by atoms with Crippen LogP contribution in [0.5, 0.6) is 0 Å². The molecule has 0 aromatic carbocycles. The summed E-state index contributed by atoms with van der Waals surface area (Å²) in [6.45, 7) is 14.2. The van der Waals surface area contributed by atoms with Gasteiger partial charge in [0, 0.05) is 47.4 Å². The lowest BCUT2D eigenvalue weighted by Gasteiger charge is -2.36. The summed E-state index contributed by atoms with van der Waals surface area (Å²) in [6.07, 6.45) is 7.46. The second-order valence-electron chi connectivity index (χ2n) is 11.4. The average Bonchev–Trinajstić information content (AvgIpc) is 3.42. The molecule has 3 aromatic rings. The second-order valence-corrected chi connectivity index (χ2v) is 12.7. The van der Waals surface area contributed by atoms with Gasteiger partial charge in [-0.25, -0.2) is 14.8 Å². The van der Waals surface area contributed by atoms with Gasteiger partial charge in [-0.3, -0.25) is 9.36 Å². The van der Waals surface area contributed by atoms with Crippen LogP contribution < -0.4 is 15.8 Å². The third kappa shape index (κ3) is 5.93. The highest BCUT2D eigenvalue weighted by molar-refractivity contribution is 14.1. The normalized spacial score (nSPS) is 16.4. The van der Waals surface area contributed by atoms with Gasteiger partial charge in [0.25, 0.3) is 5.56 Å². The molecule has 1 saturated heterocycles. The zero-order valence-corrected chi connectivity index (χ0v) is 25.7. The Morgan fingerprint density at radius 2 is 1.80 bits per heavy atom. The predicted octanol–water partition coefficient (Wildman–Crippen LogP) is 5.82. The van der Waals surface area contributed by atoms with Crippen LogP contribution in [0.2, 0.25) is 0 Å². The van der Waals surface area contributed by atoms with Crippen LogP contribution in [0.4, 0.5) is 22.2 Å². The second kappa shape index (κ2) is 11.3. The predicted molar refractivity (Wildman–Crippen MR) is 167 cm³/mol. The number of nitrogens with one attached hydrogen (secondary N) is 1. The third-order valence-electron chi connectivity index (χ3n) is 7.45. The number of anilines is 3. The fourth-order valence-corrected chi connectivity index (χ4v) is 6.08. The van der Waals surface area contributed by atoms with E-state index in [0.717, 1.165) is 45.9 Å². The van der Waals surface area contributed by atoms with Crippen molar-refractivity contribution >= 4 is 60.8 Å². The number of rotatable bonds is 5. The van der Waals surface area contributed by atoms with E-state index in [9.17, 15) is 9.59 Å². The Balaban J connectivity index is 1.33. The number of fused-ring (bicyclic) bond motifs is 1. The summed E-state index contributed by atoms with van der Waals surface area (Å²) in [4.78, 5) is 43.8. The number of hydrogen-bond acceptors (Lipinski definition) is 8. The van der Waals surface area contributed by atoms with Gasteiger partial charge < -0.3 is 19.9 Å².